The van der Waals surface area contributed by atoms with Gasteiger partial charge in [0, 0.05) is 29.5 Å². The quantitative estimate of drug-likeness (QED) is 0.909. The van der Waals surface area contributed by atoms with E-state index in [1.165, 1.54) is 0 Å². The maximum atomic E-state index is 12.4. The van der Waals surface area contributed by atoms with E-state index in [2.05, 4.69) is 15.7 Å². The first kappa shape index (κ1) is 14.6. The molecule has 0 aliphatic carbocycles. The molecule has 1 aromatic heterocycles. The first-order valence-electron chi connectivity index (χ1n) is 6.24. The number of nitrogens with zero attached hydrogens (tertiary/aromatic N) is 2. The Balaban J connectivity index is 2.19. The molecule has 1 aromatic carbocycles. The van der Waals surface area contributed by atoms with Crippen LogP contribution in [0.25, 0.3) is 0 Å². The summed E-state index contributed by atoms with van der Waals surface area (Å²) in [6.07, 6.45) is 3.48. The minimum atomic E-state index is -0.456. The molecule has 1 unspecified atom stereocenters. The maximum absolute atomic E-state index is 12.4. The van der Waals surface area contributed by atoms with Crippen LogP contribution in [-0.2, 0) is 11.8 Å². The number of rotatable bonds is 4. The van der Waals surface area contributed by atoms with Crippen molar-refractivity contribution in [2.24, 2.45) is 7.05 Å². The Hall–Kier alpha value is -1.85. The highest BCUT2D eigenvalue weighted by Gasteiger charge is 2.20. The van der Waals surface area contributed by atoms with Crippen LogP contribution in [0.15, 0.2) is 30.6 Å². The zero-order chi connectivity index (χ0) is 14.7. The number of benzene rings is 1. The van der Waals surface area contributed by atoms with Crippen molar-refractivity contribution in [1.82, 2.24) is 15.1 Å². The molecule has 0 radical (unpaired) electrons. The van der Waals surface area contributed by atoms with Crippen molar-refractivity contribution in [2.75, 3.05) is 12.4 Å². The minimum Gasteiger partial charge on any atom is -0.324 e. The van der Waals surface area contributed by atoms with Crippen LogP contribution in [0.3, 0.4) is 0 Å². The van der Waals surface area contributed by atoms with Gasteiger partial charge in [-0.3, -0.25) is 9.48 Å². The van der Waals surface area contributed by atoms with Gasteiger partial charge in [0.25, 0.3) is 0 Å². The van der Waals surface area contributed by atoms with Gasteiger partial charge in [0.05, 0.1) is 6.20 Å². The Bertz CT molecular complexity index is 623. The van der Waals surface area contributed by atoms with Gasteiger partial charge in [-0.25, -0.2) is 0 Å². The van der Waals surface area contributed by atoms with E-state index in [9.17, 15) is 4.79 Å². The zero-order valence-corrected chi connectivity index (χ0v) is 12.4. The molecule has 1 atom stereocenters. The second kappa shape index (κ2) is 6.07. The second-order valence-electron chi connectivity index (χ2n) is 4.62. The van der Waals surface area contributed by atoms with Gasteiger partial charge in [0.15, 0.2) is 0 Å². The molecular weight excluding hydrogens is 276 g/mol. The number of halogens is 1. The lowest BCUT2D eigenvalue weighted by Crippen LogP contribution is -2.30. The third kappa shape index (κ3) is 3.18. The number of carbonyl (C=O) groups excluding carboxylic acids is 1. The van der Waals surface area contributed by atoms with Gasteiger partial charge in [0.2, 0.25) is 5.91 Å². The van der Waals surface area contributed by atoms with Gasteiger partial charge in [-0.2, -0.15) is 5.10 Å². The molecule has 0 saturated heterocycles. The number of carbonyl (C=O) groups is 1. The average Bonchev–Trinajstić information content (AvgIpc) is 2.81. The highest BCUT2D eigenvalue weighted by Crippen LogP contribution is 2.22. The van der Waals surface area contributed by atoms with Crippen molar-refractivity contribution in [1.29, 1.82) is 0 Å². The molecule has 1 heterocycles. The van der Waals surface area contributed by atoms with Crippen molar-refractivity contribution in [3.8, 4) is 0 Å². The molecule has 20 heavy (non-hydrogen) atoms. The van der Waals surface area contributed by atoms with Crippen molar-refractivity contribution in [3.05, 3.63) is 46.7 Å². The van der Waals surface area contributed by atoms with Crippen LogP contribution >= 0.6 is 11.6 Å². The SMILES string of the molecule is CNC(C(=O)Nc1cc(Cl)ccc1C)c1cnn(C)c1. The minimum absolute atomic E-state index is 0.147. The van der Waals surface area contributed by atoms with Crippen LogP contribution in [-0.4, -0.2) is 22.7 Å². The Morgan fingerprint density at radius 3 is 2.80 bits per heavy atom. The van der Waals surface area contributed by atoms with E-state index in [1.807, 2.05) is 26.2 Å². The van der Waals surface area contributed by atoms with E-state index in [0.717, 1.165) is 11.1 Å². The van der Waals surface area contributed by atoms with Crippen LogP contribution in [0.1, 0.15) is 17.2 Å². The Kier molecular flexibility index (Phi) is 4.42. The lowest BCUT2D eigenvalue weighted by Gasteiger charge is -2.16. The Morgan fingerprint density at radius 1 is 1.45 bits per heavy atom. The first-order chi connectivity index (χ1) is 9.51. The van der Waals surface area contributed by atoms with Gasteiger partial charge in [0.1, 0.15) is 6.04 Å². The molecule has 0 bridgehead atoms. The molecule has 5 nitrogen and oxygen atoms in total. The molecule has 0 saturated carbocycles. The largest absolute Gasteiger partial charge is 0.324 e. The average molecular weight is 293 g/mol. The highest BCUT2D eigenvalue weighted by atomic mass is 35.5. The van der Waals surface area contributed by atoms with E-state index in [4.69, 9.17) is 11.6 Å². The summed E-state index contributed by atoms with van der Waals surface area (Å²) in [4.78, 5) is 12.4. The van der Waals surface area contributed by atoms with Gasteiger partial charge in [-0.1, -0.05) is 17.7 Å². The van der Waals surface area contributed by atoms with Gasteiger partial charge >= 0.3 is 0 Å². The van der Waals surface area contributed by atoms with Crippen LogP contribution in [0.5, 0.6) is 0 Å². The zero-order valence-electron chi connectivity index (χ0n) is 11.6. The van der Waals surface area contributed by atoms with E-state index in [0.29, 0.717) is 10.7 Å². The van der Waals surface area contributed by atoms with Crippen LogP contribution < -0.4 is 10.6 Å². The number of nitrogens with one attached hydrogen (secondary N) is 2. The molecule has 6 heteroatoms. The summed E-state index contributed by atoms with van der Waals surface area (Å²) >= 11 is 5.95. The Labute approximate surface area is 122 Å². The van der Waals surface area contributed by atoms with Gasteiger partial charge in [-0.05, 0) is 31.7 Å². The highest BCUT2D eigenvalue weighted by molar-refractivity contribution is 6.31. The molecule has 1 amide bonds. The summed E-state index contributed by atoms with van der Waals surface area (Å²) in [5, 5.41) is 10.5. The summed E-state index contributed by atoms with van der Waals surface area (Å²) in [6, 6.07) is 4.95. The summed E-state index contributed by atoms with van der Waals surface area (Å²) in [5.41, 5.74) is 2.49. The standard InChI is InChI=1S/C14H17ClN4O/c1-9-4-5-11(15)6-12(9)18-14(20)13(16-2)10-7-17-19(3)8-10/h4-8,13,16H,1-3H3,(H,18,20). The molecular formula is C14H17ClN4O. The van der Waals surface area contributed by atoms with E-state index < -0.39 is 6.04 Å². The fraction of sp³-hybridized carbons (Fsp3) is 0.286. The molecule has 0 aliphatic heterocycles. The van der Waals surface area contributed by atoms with E-state index in [-0.39, 0.29) is 5.91 Å². The normalized spacial score (nSPS) is 12.2. The predicted molar refractivity (Wildman–Crippen MR) is 79.8 cm³/mol. The lowest BCUT2D eigenvalue weighted by atomic mass is 10.1. The molecule has 2 rings (SSSR count). The van der Waals surface area contributed by atoms with Gasteiger partial charge < -0.3 is 10.6 Å². The van der Waals surface area contributed by atoms with Crippen molar-refractivity contribution in [3.63, 3.8) is 0 Å². The molecule has 106 valence electrons. The van der Waals surface area contributed by atoms with Crippen LogP contribution in [0.2, 0.25) is 5.02 Å². The Morgan fingerprint density at radius 2 is 2.20 bits per heavy atom. The lowest BCUT2D eigenvalue weighted by molar-refractivity contribution is -0.118. The van der Waals surface area contributed by atoms with Crippen molar-refractivity contribution < 1.29 is 4.79 Å². The predicted octanol–water partition coefficient (Wildman–Crippen LogP) is 2.28. The number of hydrogen-bond acceptors (Lipinski definition) is 3. The monoisotopic (exact) mass is 292 g/mol. The number of amides is 1. The number of anilines is 1. The number of likely N-dealkylation sites (N-methyl/N-ethyl adjacent to an activating group) is 1. The summed E-state index contributed by atoms with van der Waals surface area (Å²) in [7, 11) is 3.55. The second-order valence-corrected chi connectivity index (χ2v) is 5.05. The molecule has 0 aliphatic rings. The van der Waals surface area contributed by atoms with Crippen molar-refractivity contribution in [2.45, 2.75) is 13.0 Å². The number of aromatic nitrogens is 2. The molecule has 2 aromatic rings. The summed E-state index contributed by atoms with van der Waals surface area (Å²) < 4.78 is 1.66. The van der Waals surface area contributed by atoms with E-state index >= 15 is 0 Å². The number of hydrogen-bond donors (Lipinski definition) is 2. The smallest absolute Gasteiger partial charge is 0.246 e. The molecule has 0 fully saturated rings. The maximum Gasteiger partial charge on any atom is 0.246 e. The molecule has 0 spiro atoms. The third-order valence-corrected chi connectivity index (χ3v) is 3.30. The van der Waals surface area contributed by atoms with Crippen LogP contribution in [0, 0.1) is 6.92 Å². The van der Waals surface area contributed by atoms with Crippen LogP contribution in [0.4, 0.5) is 5.69 Å². The fourth-order valence-electron chi connectivity index (χ4n) is 1.97. The molecule has 2 N–H and O–H groups in total. The summed E-state index contributed by atoms with van der Waals surface area (Å²) in [5.74, 6) is -0.147. The van der Waals surface area contributed by atoms with Gasteiger partial charge in [-0.15, -0.1) is 0 Å². The van der Waals surface area contributed by atoms with E-state index in [1.54, 1.807) is 30.1 Å². The topological polar surface area (TPSA) is 59.0 Å². The summed E-state index contributed by atoms with van der Waals surface area (Å²) in [6.45, 7) is 1.92. The fourth-order valence-corrected chi connectivity index (χ4v) is 2.14. The van der Waals surface area contributed by atoms with Crippen molar-refractivity contribution >= 4 is 23.2 Å². The first-order valence-corrected chi connectivity index (χ1v) is 6.62. The number of aryl methyl sites for hydroxylation is 2. The third-order valence-electron chi connectivity index (χ3n) is 3.07.